The predicted octanol–water partition coefficient (Wildman–Crippen LogP) is -2.67. The second kappa shape index (κ2) is 3.51. The van der Waals surface area contributed by atoms with E-state index >= 15 is 0 Å². The first kappa shape index (κ1) is 9.63. The average Bonchev–Trinajstić information content (AvgIpc) is 2.08. The Morgan fingerprint density at radius 1 is 1.25 bits per heavy atom. The topological polar surface area (TPSA) is 107 Å². The van der Waals surface area contributed by atoms with Crippen LogP contribution in [0.5, 0.6) is 0 Å². The third-order valence-corrected chi connectivity index (χ3v) is 2.04. The van der Waals surface area contributed by atoms with Crippen molar-refractivity contribution in [1.29, 1.82) is 0 Å². The second-order valence-corrected chi connectivity index (χ2v) is 2.90. The summed E-state index contributed by atoms with van der Waals surface area (Å²) in [5, 5.41) is 36.3. The van der Waals surface area contributed by atoms with Gasteiger partial charge >= 0.3 is 0 Å². The summed E-state index contributed by atoms with van der Waals surface area (Å²) in [5.74, 6) is 0. The molecule has 0 aromatic rings. The second-order valence-electron chi connectivity index (χ2n) is 2.90. The maximum absolute atomic E-state index is 9.23. The quantitative estimate of drug-likeness (QED) is 0.279. The van der Waals surface area contributed by atoms with E-state index in [9.17, 15) is 10.2 Å². The van der Waals surface area contributed by atoms with Crippen molar-refractivity contribution in [3.8, 4) is 0 Å². The fourth-order valence-electron chi connectivity index (χ4n) is 1.22. The van der Waals surface area contributed by atoms with Crippen LogP contribution in [0.15, 0.2) is 11.6 Å². The Kier molecular flexibility index (Phi) is 2.81. The van der Waals surface area contributed by atoms with Gasteiger partial charge in [0.15, 0.2) is 0 Å². The average molecular weight is 175 g/mol. The molecule has 0 aromatic heterocycles. The zero-order valence-corrected chi connectivity index (χ0v) is 6.46. The fraction of sp³-hybridized carbons (Fsp3) is 0.714. The van der Waals surface area contributed by atoms with Crippen molar-refractivity contribution in [3.05, 3.63) is 11.6 Å². The van der Waals surface area contributed by atoms with Crippen LogP contribution in [0.25, 0.3) is 0 Å². The normalized spacial score (nSPS) is 42.6. The first-order valence-corrected chi connectivity index (χ1v) is 3.69. The molecule has 0 amide bonds. The minimum Gasteiger partial charge on any atom is -0.392 e. The van der Waals surface area contributed by atoms with Gasteiger partial charge in [0.1, 0.15) is 18.3 Å². The number of hydrogen-bond acceptors (Lipinski definition) is 5. The lowest BCUT2D eigenvalue weighted by Gasteiger charge is -2.32. The van der Waals surface area contributed by atoms with Crippen LogP contribution in [0.3, 0.4) is 0 Å². The highest BCUT2D eigenvalue weighted by molar-refractivity contribution is 5.20. The maximum atomic E-state index is 9.23. The van der Waals surface area contributed by atoms with E-state index in [0.717, 1.165) is 0 Å². The van der Waals surface area contributed by atoms with Gasteiger partial charge in [0.25, 0.3) is 0 Å². The molecule has 0 aliphatic heterocycles. The molecule has 1 aliphatic carbocycles. The van der Waals surface area contributed by atoms with Gasteiger partial charge in [-0.25, -0.2) is 0 Å². The molecule has 0 spiro atoms. The van der Waals surface area contributed by atoms with E-state index in [4.69, 9.17) is 15.9 Å². The summed E-state index contributed by atoms with van der Waals surface area (Å²) in [5.41, 5.74) is 5.64. The molecule has 1 rings (SSSR count). The zero-order valence-electron chi connectivity index (χ0n) is 6.46. The van der Waals surface area contributed by atoms with E-state index in [1.165, 1.54) is 6.08 Å². The molecule has 6 N–H and O–H groups in total. The van der Waals surface area contributed by atoms with Crippen molar-refractivity contribution in [2.24, 2.45) is 5.73 Å². The molecule has 0 radical (unpaired) electrons. The summed E-state index contributed by atoms with van der Waals surface area (Å²) < 4.78 is 0. The highest BCUT2D eigenvalue weighted by Gasteiger charge is 2.34. The SMILES string of the molecule is N[C@@H]1C=C(CO)[C@H](O)[C@H](O)[C@@H]1O. The molecule has 70 valence electrons. The summed E-state index contributed by atoms with van der Waals surface area (Å²) >= 11 is 0. The van der Waals surface area contributed by atoms with Crippen molar-refractivity contribution >= 4 is 0 Å². The highest BCUT2D eigenvalue weighted by atomic mass is 16.4. The first-order chi connectivity index (χ1) is 5.57. The predicted molar refractivity (Wildman–Crippen MR) is 41.2 cm³/mol. The summed E-state index contributed by atoms with van der Waals surface area (Å²) in [7, 11) is 0. The van der Waals surface area contributed by atoms with Crippen LogP contribution in [0.4, 0.5) is 0 Å². The smallest absolute Gasteiger partial charge is 0.111 e. The molecule has 5 heteroatoms. The lowest BCUT2D eigenvalue weighted by molar-refractivity contribution is -0.0596. The summed E-state index contributed by atoms with van der Waals surface area (Å²) in [6.07, 6.45) is -2.34. The molecule has 0 unspecified atom stereocenters. The van der Waals surface area contributed by atoms with Crippen LogP contribution >= 0.6 is 0 Å². The maximum Gasteiger partial charge on any atom is 0.111 e. The third kappa shape index (κ3) is 1.50. The van der Waals surface area contributed by atoms with Crippen LogP contribution in [-0.2, 0) is 0 Å². The van der Waals surface area contributed by atoms with Gasteiger partial charge in [-0.2, -0.15) is 0 Å². The standard InChI is InChI=1S/C7H13NO4/c8-4-1-3(2-9)5(10)7(12)6(4)11/h1,4-7,9-12H,2,8H2/t4-,5+,6-,7+/m1/s1. The van der Waals surface area contributed by atoms with E-state index < -0.39 is 24.4 Å². The summed E-state index contributed by atoms with van der Waals surface area (Å²) in [6.45, 7) is -0.362. The number of rotatable bonds is 1. The van der Waals surface area contributed by atoms with Crippen molar-refractivity contribution < 1.29 is 20.4 Å². The molecule has 0 aromatic carbocycles. The number of nitrogens with two attached hydrogens (primary N) is 1. The van der Waals surface area contributed by atoms with E-state index in [2.05, 4.69) is 0 Å². The van der Waals surface area contributed by atoms with Crippen molar-refractivity contribution in [1.82, 2.24) is 0 Å². The van der Waals surface area contributed by atoms with E-state index in [1.807, 2.05) is 0 Å². The Bertz CT molecular complexity index is 194. The van der Waals surface area contributed by atoms with Gasteiger partial charge in [-0.05, 0) is 5.57 Å². The molecular weight excluding hydrogens is 162 g/mol. The van der Waals surface area contributed by atoms with Gasteiger partial charge in [0.2, 0.25) is 0 Å². The molecule has 12 heavy (non-hydrogen) atoms. The lowest BCUT2D eigenvalue weighted by atomic mass is 9.89. The molecule has 1 aliphatic rings. The van der Waals surface area contributed by atoms with Gasteiger partial charge < -0.3 is 26.2 Å². The van der Waals surface area contributed by atoms with Crippen molar-refractivity contribution in [3.63, 3.8) is 0 Å². The minimum atomic E-state index is -1.31. The van der Waals surface area contributed by atoms with Crippen LogP contribution in [0, 0.1) is 0 Å². The Labute approximate surface area is 69.8 Å². The Hall–Kier alpha value is -0.460. The lowest BCUT2D eigenvalue weighted by Crippen LogP contribution is -2.52. The van der Waals surface area contributed by atoms with Crippen LogP contribution in [0.2, 0.25) is 0 Å². The molecule has 0 bridgehead atoms. The van der Waals surface area contributed by atoms with Gasteiger partial charge in [0, 0.05) is 0 Å². The molecule has 5 nitrogen and oxygen atoms in total. The van der Waals surface area contributed by atoms with Crippen LogP contribution in [0.1, 0.15) is 0 Å². The van der Waals surface area contributed by atoms with Gasteiger partial charge in [-0.15, -0.1) is 0 Å². The first-order valence-electron chi connectivity index (χ1n) is 3.69. The Morgan fingerprint density at radius 2 is 1.83 bits per heavy atom. The molecule has 4 atom stereocenters. The van der Waals surface area contributed by atoms with E-state index in [-0.39, 0.29) is 12.2 Å². The van der Waals surface area contributed by atoms with Crippen molar-refractivity contribution in [2.75, 3.05) is 6.61 Å². The van der Waals surface area contributed by atoms with Crippen LogP contribution in [-0.4, -0.2) is 51.4 Å². The van der Waals surface area contributed by atoms with E-state index in [0.29, 0.717) is 0 Å². The van der Waals surface area contributed by atoms with Gasteiger partial charge in [-0.1, -0.05) is 6.08 Å². The monoisotopic (exact) mass is 175 g/mol. The summed E-state index contributed by atoms with van der Waals surface area (Å²) in [4.78, 5) is 0. The fourth-order valence-corrected chi connectivity index (χ4v) is 1.22. The number of aliphatic hydroxyl groups is 4. The molecule has 0 saturated heterocycles. The van der Waals surface area contributed by atoms with Crippen LogP contribution < -0.4 is 5.73 Å². The zero-order chi connectivity index (χ0) is 9.30. The molecular formula is C7H13NO4. The van der Waals surface area contributed by atoms with E-state index in [1.54, 1.807) is 0 Å². The van der Waals surface area contributed by atoms with Gasteiger partial charge in [-0.3, -0.25) is 0 Å². The van der Waals surface area contributed by atoms with Crippen molar-refractivity contribution in [2.45, 2.75) is 24.4 Å². The third-order valence-electron chi connectivity index (χ3n) is 2.04. The minimum absolute atomic E-state index is 0.250. The molecule has 0 heterocycles. The summed E-state index contributed by atoms with van der Waals surface area (Å²) in [6, 6.07) is -0.731. The largest absolute Gasteiger partial charge is 0.392 e. The Balaban J connectivity index is 2.84. The molecule has 0 saturated carbocycles. The molecule has 0 fully saturated rings. The van der Waals surface area contributed by atoms with Gasteiger partial charge in [0.05, 0.1) is 12.6 Å². The Morgan fingerprint density at radius 3 is 2.33 bits per heavy atom. The highest BCUT2D eigenvalue weighted by Crippen LogP contribution is 2.18. The number of aliphatic hydroxyl groups excluding tert-OH is 4. The number of hydrogen-bond donors (Lipinski definition) is 5.